The van der Waals surface area contributed by atoms with Crippen molar-refractivity contribution in [3.05, 3.63) is 41.2 Å². The van der Waals surface area contributed by atoms with Crippen molar-refractivity contribution in [1.29, 1.82) is 0 Å². The monoisotopic (exact) mass is 276 g/mol. The smallest absolute Gasteiger partial charge is 0.341 e. The van der Waals surface area contributed by atoms with E-state index in [-0.39, 0.29) is 5.41 Å². The predicted molar refractivity (Wildman–Crippen MR) is 75.7 cm³/mol. The Morgan fingerprint density at radius 3 is 2.40 bits per heavy atom. The first kappa shape index (κ1) is 14.6. The summed E-state index contributed by atoms with van der Waals surface area (Å²) in [4.78, 5) is 12.2. The van der Waals surface area contributed by atoms with Crippen molar-refractivity contribution in [3.63, 3.8) is 0 Å². The number of ether oxygens (including phenoxy) is 3. The number of hydrogen-bond acceptors (Lipinski definition) is 4. The molecule has 0 fully saturated rings. The molecule has 1 aliphatic rings. The van der Waals surface area contributed by atoms with Crippen molar-refractivity contribution in [2.45, 2.75) is 27.1 Å². The van der Waals surface area contributed by atoms with Crippen LogP contribution in [-0.4, -0.2) is 20.2 Å². The Morgan fingerprint density at radius 1 is 1.20 bits per heavy atom. The van der Waals surface area contributed by atoms with Crippen LogP contribution in [-0.2, 0) is 19.0 Å². The Bertz CT molecular complexity index is 552. The minimum atomic E-state index is -0.506. The van der Waals surface area contributed by atoms with Gasteiger partial charge in [-0.05, 0) is 0 Å². The summed E-state index contributed by atoms with van der Waals surface area (Å²) >= 11 is 0. The van der Waals surface area contributed by atoms with Gasteiger partial charge in [0.05, 0.1) is 7.11 Å². The molecular formula is C16H20O4. The zero-order valence-electron chi connectivity index (χ0n) is 12.5. The zero-order chi connectivity index (χ0) is 14.9. The van der Waals surface area contributed by atoms with Gasteiger partial charge in [0, 0.05) is 23.7 Å². The predicted octanol–water partition coefficient (Wildman–Crippen LogP) is 3.29. The number of allylic oxidation sites excluding steroid dienone is 1. The van der Waals surface area contributed by atoms with E-state index in [0.29, 0.717) is 11.3 Å². The average Bonchev–Trinajstić information content (AvgIpc) is 2.43. The van der Waals surface area contributed by atoms with Gasteiger partial charge in [-0.1, -0.05) is 45.0 Å². The van der Waals surface area contributed by atoms with Gasteiger partial charge in [-0.3, -0.25) is 0 Å². The molecule has 0 radical (unpaired) electrons. The minimum Gasteiger partial charge on any atom is -0.465 e. The molecule has 2 rings (SSSR count). The molecule has 1 aliphatic heterocycles. The van der Waals surface area contributed by atoms with E-state index in [0.717, 1.165) is 11.1 Å². The average molecular weight is 276 g/mol. The second-order valence-electron chi connectivity index (χ2n) is 5.72. The van der Waals surface area contributed by atoms with E-state index in [1.165, 1.54) is 7.11 Å². The van der Waals surface area contributed by atoms with E-state index in [9.17, 15) is 4.79 Å². The molecule has 1 atom stereocenters. The molecule has 0 saturated carbocycles. The summed E-state index contributed by atoms with van der Waals surface area (Å²) in [6, 6.07) is 7.57. The number of fused-ring (bicyclic) bond motifs is 1. The first-order chi connectivity index (χ1) is 9.40. The lowest BCUT2D eigenvalue weighted by atomic mass is 9.85. The Kier molecular flexibility index (Phi) is 3.86. The van der Waals surface area contributed by atoms with Crippen LogP contribution in [0.5, 0.6) is 0 Å². The molecule has 0 bridgehead atoms. The van der Waals surface area contributed by atoms with Crippen LogP contribution in [0.15, 0.2) is 30.0 Å². The molecule has 1 aromatic carbocycles. The molecule has 0 aliphatic carbocycles. The highest BCUT2D eigenvalue weighted by Crippen LogP contribution is 2.43. The normalized spacial score (nSPS) is 18.4. The van der Waals surface area contributed by atoms with Gasteiger partial charge in [0.1, 0.15) is 11.3 Å². The second kappa shape index (κ2) is 5.29. The lowest BCUT2D eigenvalue weighted by Gasteiger charge is -2.34. The van der Waals surface area contributed by atoms with Crippen LogP contribution in [0.2, 0.25) is 0 Å². The summed E-state index contributed by atoms with van der Waals surface area (Å²) < 4.78 is 16.2. The largest absolute Gasteiger partial charge is 0.465 e. The van der Waals surface area contributed by atoms with Gasteiger partial charge in [0.15, 0.2) is 0 Å². The fraction of sp³-hybridized carbons (Fsp3) is 0.438. The molecular weight excluding hydrogens is 256 g/mol. The molecule has 1 aromatic rings. The number of esters is 1. The van der Waals surface area contributed by atoms with E-state index >= 15 is 0 Å². The fourth-order valence-electron chi connectivity index (χ4n) is 2.31. The third-order valence-electron chi connectivity index (χ3n) is 3.22. The van der Waals surface area contributed by atoms with Crippen LogP contribution in [0, 0.1) is 5.41 Å². The number of rotatable bonds is 2. The van der Waals surface area contributed by atoms with E-state index in [1.54, 1.807) is 7.11 Å². The highest BCUT2D eigenvalue weighted by Gasteiger charge is 2.37. The van der Waals surface area contributed by atoms with Gasteiger partial charge in [0.25, 0.3) is 0 Å². The minimum absolute atomic E-state index is 0.326. The molecule has 0 N–H and O–H groups in total. The van der Waals surface area contributed by atoms with Crippen molar-refractivity contribution in [2.24, 2.45) is 5.41 Å². The molecule has 0 amide bonds. The molecule has 4 nitrogen and oxygen atoms in total. The van der Waals surface area contributed by atoms with Crippen molar-refractivity contribution in [2.75, 3.05) is 14.2 Å². The van der Waals surface area contributed by atoms with Gasteiger partial charge < -0.3 is 14.2 Å². The van der Waals surface area contributed by atoms with Crippen molar-refractivity contribution >= 4 is 11.5 Å². The summed E-state index contributed by atoms with van der Waals surface area (Å²) in [6.07, 6.45) is -0.506. The molecule has 0 spiro atoms. The van der Waals surface area contributed by atoms with Gasteiger partial charge in [0.2, 0.25) is 6.29 Å². The number of carbonyl (C=O) groups excluding carboxylic acids is 1. The molecule has 0 aromatic heterocycles. The first-order valence-corrected chi connectivity index (χ1v) is 6.52. The quantitative estimate of drug-likeness (QED) is 0.777. The van der Waals surface area contributed by atoms with E-state index in [2.05, 4.69) is 0 Å². The maximum atomic E-state index is 12.2. The summed E-state index contributed by atoms with van der Waals surface area (Å²) in [5.74, 6) is 0.201. The van der Waals surface area contributed by atoms with E-state index in [1.807, 2.05) is 45.0 Å². The summed E-state index contributed by atoms with van der Waals surface area (Å²) in [7, 11) is 2.96. The van der Waals surface area contributed by atoms with Crippen LogP contribution >= 0.6 is 0 Å². The van der Waals surface area contributed by atoms with Gasteiger partial charge in [-0.25, -0.2) is 4.79 Å². The molecule has 0 saturated heterocycles. The van der Waals surface area contributed by atoms with Crippen molar-refractivity contribution < 1.29 is 19.0 Å². The summed E-state index contributed by atoms with van der Waals surface area (Å²) in [5, 5.41) is 0. The molecule has 1 heterocycles. The van der Waals surface area contributed by atoms with Crippen LogP contribution in [0.25, 0.3) is 5.57 Å². The summed E-state index contributed by atoms with van der Waals surface area (Å²) in [5.41, 5.74) is 1.79. The second-order valence-corrected chi connectivity index (χ2v) is 5.72. The Morgan fingerprint density at radius 2 is 1.85 bits per heavy atom. The molecule has 20 heavy (non-hydrogen) atoms. The number of hydrogen-bond donors (Lipinski definition) is 0. The fourth-order valence-corrected chi connectivity index (χ4v) is 2.31. The molecule has 1 unspecified atom stereocenters. The van der Waals surface area contributed by atoms with E-state index in [4.69, 9.17) is 14.2 Å². The molecule has 4 heteroatoms. The van der Waals surface area contributed by atoms with E-state index < -0.39 is 12.3 Å². The first-order valence-electron chi connectivity index (χ1n) is 6.52. The zero-order valence-corrected chi connectivity index (χ0v) is 12.5. The number of benzene rings is 1. The topological polar surface area (TPSA) is 44.8 Å². The maximum Gasteiger partial charge on any atom is 0.341 e. The van der Waals surface area contributed by atoms with Crippen LogP contribution < -0.4 is 0 Å². The SMILES string of the molecule is COC(=O)C1=C(C(C)(C)C)OC(OC)c2ccccc21. The van der Waals surface area contributed by atoms with Crippen LogP contribution in [0.4, 0.5) is 0 Å². The van der Waals surface area contributed by atoms with Crippen molar-refractivity contribution in [3.8, 4) is 0 Å². The van der Waals surface area contributed by atoms with Crippen molar-refractivity contribution in [1.82, 2.24) is 0 Å². The van der Waals surface area contributed by atoms with Crippen LogP contribution in [0.1, 0.15) is 38.2 Å². The Labute approximate surface area is 119 Å². The maximum absolute atomic E-state index is 12.2. The highest BCUT2D eigenvalue weighted by atomic mass is 16.7. The Balaban J connectivity index is 2.71. The molecule has 108 valence electrons. The third-order valence-corrected chi connectivity index (χ3v) is 3.22. The third kappa shape index (κ3) is 2.43. The lowest BCUT2D eigenvalue weighted by molar-refractivity contribution is -0.136. The Hall–Kier alpha value is -1.81. The highest BCUT2D eigenvalue weighted by molar-refractivity contribution is 6.18. The number of methoxy groups -OCH3 is 2. The lowest BCUT2D eigenvalue weighted by Crippen LogP contribution is -2.26. The van der Waals surface area contributed by atoms with Crippen LogP contribution in [0.3, 0.4) is 0 Å². The van der Waals surface area contributed by atoms with Gasteiger partial charge in [-0.2, -0.15) is 0 Å². The summed E-state index contributed by atoms with van der Waals surface area (Å²) in [6.45, 7) is 5.98. The van der Waals surface area contributed by atoms with Gasteiger partial charge in [-0.15, -0.1) is 0 Å². The standard InChI is InChI=1S/C16H20O4/c1-16(2,3)13-12(14(17)18-4)10-8-6-7-9-11(10)15(19-5)20-13/h6-9,15H,1-5H3. The number of carbonyl (C=O) groups is 1. The van der Waals surface area contributed by atoms with Gasteiger partial charge >= 0.3 is 5.97 Å².